The largest absolute Gasteiger partial charge is 0.508 e. The van der Waals surface area contributed by atoms with Gasteiger partial charge in [-0.3, -0.25) is 9.59 Å². The van der Waals surface area contributed by atoms with Crippen molar-refractivity contribution < 1.29 is 24.2 Å². The molecule has 0 spiro atoms. The van der Waals surface area contributed by atoms with Gasteiger partial charge in [-0.05, 0) is 74.6 Å². The molecule has 0 aliphatic heterocycles. The Morgan fingerprint density at radius 1 is 0.925 bits per heavy atom. The molecule has 0 bridgehead atoms. The number of phenols is 1. The van der Waals surface area contributed by atoms with Gasteiger partial charge in [-0.15, -0.1) is 0 Å². The van der Waals surface area contributed by atoms with Crippen LogP contribution in [0.4, 0.5) is 10.5 Å². The lowest BCUT2D eigenvalue weighted by Gasteiger charge is -2.32. The topological polar surface area (TPSA) is 108 Å². The lowest BCUT2D eigenvalue weighted by atomic mass is 9.99. The van der Waals surface area contributed by atoms with Gasteiger partial charge in [0.25, 0.3) is 5.91 Å². The van der Waals surface area contributed by atoms with Gasteiger partial charge in [-0.2, -0.15) is 0 Å². The number of para-hydroxylation sites is 1. The van der Waals surface area contributed by atoms with Crippen molar-refractivity contribution >= 4 is 23.6 Å². The number of aryl methyl sites for hydroxylation is 2. The van der Waals surface area contributed by atoms with E-state index in [1.54, 1.807) is 40.0 Å². The Hall–Kier alpha value is -4.33. The van der Waals surface area contributed by atoms with Crippen LogP contribution in [-0.2, 0) is 27.2 Å². The van der Waals surface area contributed by atoms with Crippen LogP contribution in [0.2, 0.25) is 0 Å². The minimum absolute atomic E-state index is 0.0901. The van der Waals surface area contributed by atoms with E-state index in [1.807, 2.05) is 62.4 Å². The summed E-state index contributed by atoms with van der Waals surface area (Å²) in [6.45, 7) is 9.15. The Bertz CT molecular complexity index is 1310. The normalized spacial score (nSPS) is 12.7. The van der Waals surface area contributed by atoms with Crippen LogP contribution < -0.4 is 10.6 Å². The molecule has 3 amide bonds. The second-order valence-corrected chi connectivity index (χ2v) is 10.8. The van der Waals surface area contributed by atoms with E-state index in [4.69, 9.17) is 4.74 Å². The van der Waals surface area contributed by atoms with E-state index in [9.17, 15) is 19.5 Å². The third kappa shape index (κ3) is 8.33. The molecule has 8 nitrogen and oxygen atoms in total. The number of carbonyl (C=O) groups excluding carboxylic acids is 3. The van der Waals surface area contributed by atoms with Gasteiger partial charge in [0.1, 0.15) is 23.4 Å². The summed E-state index contributed by atoms with van der Waals surface area (Å²) in [6.07, 6.45) is 0.221. The number of amides is 3. The predicted octanol–water partition coefficient (Wildman–Crippen LogP) is 5.54. The highest BCUT2D eigenvalue weighted by molar-refractivity contribution is 5.99. The first-order valence-electron chi connectivity index (χ1n) is 13.4. The second kappa shape index (κ2) is 13.2. The maximum Gasteiger partial charge on any atom is 0.408 e. The summed E-state index contributed by atoms with van der Waals surface area (Å²) in [5.41, 5.74) is 3.23. The van der Waals surface area contributed by atoms with Crippen molar-refractivity contribution in [3.8, 4) is 5.75 Å². The van der Waals surface area contributed by atoms with Crippen molar-refractivity contribution in [3.05, 3.63) is 95.1 Å². The number of likely N-dealkylation sites (N-methyl/N-ethyl adjacent to an activating group) is 1. The van der Waals surface area contributed by atoms with Gasteiger partial charge in [0, 0.05) is 19.2 Å². The molecule has 0 aromatic heterocycles. The maximum absolute atomic E-state index is 14.0. The smallest absolute Gasteiger partial charge is 0.408 e. The van der Waals surface area contributed by atoms with E-state index < -0.39 is 29.7 Å². The summed E-state index contributed by atoms with van der Waals surface area (Å²) in [5, 5.41) is 15.4. The molecule has 2 atom stereocenters. The molecule has 0 fully saturated rings. The first-order chi connectivity index (χ1) is 18.9. The van der Waals surface area contributed by atoms with Crippen molar-refractivity contribution in [2.75, 3.05) is 12.4 Å². The fraction of sp³-hybridized carbons (Fsp3) is 0.344. The number of anilines is 1. The van der Waals surface area contributed by atoms with Crippen LogP contribution in [0.15, 0.2) is 72.8 Å². The molecule has 212 valence electrons. The van der Waals surface area contributed by atoms with Crippen LogP contribution in [0, 0.1) is 6.92 Å². The van der Waals surface area contributed by atoms with Gasteiger partial charge in [0.2, 0.25) is 5.91 Å². The molecule has 0 aliphatic rings. The van der Waals surface area contributed by atoms with Crippen LogP contribution in [0.5, 0.6) is 5.75 Å². The molecule has 0 saturated carbocycles. The number of nitrogens with zero attached hydrogens (tertiary/aromatic N) is 1. The summed E-state index contributed by atoms with van der Waals surface area (Å²) in [7, 11) is 1.55. The van der Waals surface area contributed by atoms with E-state index in [2.05, 4.69) is 10.6 Å². The Morgan fingerprint density at radius 2 is 1.52 bits per heavy atom. The minimum Gasteiger partial charge on any atom is -0.508 e. The number of benzene rings is 3. The predicted molar refractivity (Wildman–Crippen MR) is 156 cm³/mol. The average molecular weight is 546 g/mol. The maximum atomic E-state index is 14.0. The molecule has 0 heterocycles. The molecule has 3 N–H and O–H groups in total. The minimum atomic E-state index is -1.03. The van der Waals surface area contributed by atoms with Crippen LogP contribution in [0.1, 0.15) is 56.0 Å². The van der Waals surface area contributed by atoms with Crippen molar-refractivity contribution in [3.63, 3.8) is 0 Å². The molecule has 0 radical (unpaired) electrons. The number of alkyl carbamates (subject to hydrolysis) is 1. The van der Waals surface area contributed by atoms with Crippen molar-refractivity contribution in [1.29, 1.82) is 0 Å². The zero-order chi connectivity index (χ0) is 29.4. The number of rotatable bonds is 9. The van der Waals surface area contributed by atoms with Gasteiger partial charge < -0.3 is 25.4 Å². The third-order valence-electron chi connectivity index (χ3n) is 6.46. The summed E-state index contributed by atoms with van der Waals surface area (Å²) in [5.74, 6) is -0.759. The Morgan fingerprint density at radius 3 is 2.10 bits per heavy atom. The summed E-state index contributed by atoms with van der Waals surface area (Å²) in [4.78, 5) is 41.9. The third-order valence-corrected chi connectivity index (χ3v) is 6.46. The Labute approximate surface area is 236 Å². The van der Waals surface area contributed by atoms with Crippen LogP contribution in [-0.4, -0.2) is 46.6 Å². The lowest BCUT2D eigenvalue weighted by molar-refractivity contribution is -0.139. The number of hydrogen-bond donors (Lipinski definition) is 3. The van der Waals surface area contributed by atoms with Crippen molar-refractivity contribution in [2.45, 2.75) is 65.1 Å². The summed E-state index contributed by atoms with van der Waals surface area (Å²) < 4.78 is 5.43. The van der Waals surface area contributed by atoms with Gasteiger partial charge in [-0.25, -0.2) is 4.79 Å². The molecule has 3 aromatic carbocycles. The van der Waals surface area contributed by atoms with E-state index >= 15 is 0 Å². The number of nitrogens with one attached hydrogen (secondary N) is 2. The van der Waals surface area contributed by atoms with Crippen molar-refractivity contribution in [2.24, 2.45) is 0 Å². The van der Waals surface area contributed by atoms with Gasteiger partial charge in [-0.1, -0.05) is 61.5 Å². The highest BCUT2D eigenvalue weighted by Gasteiger charge is 2.34. The zero-order valence-corrected chi connectivity index (χ0v) is 24.0. The number of phenolic OH excluding ortho intramolecular Hbond substituents is 1. The highest BCUT2D eigenvalue weighted by Crippen LogP contribution is 2.25. The van der Waals surface area contributed by atoms with E-state index in [1.165, 1.54) is 17.0 Å². The van der Waals surface area contributed by atoms with Crippen molar-refractivity contribution in [1.82, 2.24) is 10.2 Å². The van der Waals surface area contributed by atoms with E-state index in [0.717, 1.165) is 17.5 Å². The second-order valence-electron chi connectivity index (χ2n) is 10.8. The first kappa shape index (κ1) is 30.2. The number of hydrogen-bond acceptors (Lipinski definition) is 5. The Kier molecular flexibility index (Phi) is 9.93. The molecule has 2 unspecified atom stereocenters. The molecule has 0 aliphatic carbocycles. The molecule has 3 rings (SSSR count). The fourth-order valence-electron chi connectivity index (χ4n) is 4.29. The molecule has 3 aromatic rings. The Balaban J connectivity index is 1.96. The van der Waals surface area contributed by atoms with Gasteiger partial charge >= 0.3 is 6.09 Å². The number of carbonyl (C=O) groups is 3. The standard InChI is InChI=1S/C32H39N3O5/c1-7-22-12-16-24(17-13-22)28(29(37)33-26-11-9-8-10-21(26)2)35(6)30(38)27(34-31(39)40-32(3,4)5)20-23-14-18-25(36)19-15-23/h8-19,27-28,36H,7,20H2,1-6H3,(H,33,37)(H,34,39). The average Bonchev–Trinajstić information content (AvgIpc) is 2.90. The van der Waals surface area contributed by atoms with Crippen LogP contribution in [0.3, 0.4) is 0 Å². The molecular weight excluding hydrogens is 506 g/mol. The summed E-state index contributed by atoms with van der Waals surface area (Å²) in [6, 6.07) is 19.4. The quantitative estimate of drug-likeness (QED) is 0.327. The molecule has 40 heavy (non-hydrogen) atoms. The monoisotopic (exact) mass is 545 g/mol. The molecular formula is C32H39N3O5. The molecule has 0 saturated heterocycles. The van der Waals surface area contributed by atoms with E-state index in [-0.39, 0.29) is 18.1 Å². The van der Waals surface area contributed by atoms with Gasteiger partial charge in [0.15, 0.2) is 0 Å². The number of ether oxygens (including phenoxy) is 1. The number of aromatic hydroxyl groups is 1. The van der Waals surface area contributed by atoms with Gasteiger partial charge in [0.05, 0.1) is 0 Å². The fourth-order valence-corrected chi connectivity index (χ4v) is 4.29. The highest BCUT2D eigenvalue weighted by atomic mass is 16.6. The van der Waals surface area contributed by atoms with Crippen LogP contribution in [0.25, 0.3) is 0 Å². The zero-order valence-electron chi connectivity index (χ0n) is 24.0. The summed E-state index contributed by atoms with van der Waals surface area (Å²) >= 11 is 0. The van der Waals surface area contributed by atoms with Crippen LogP contribution >= 0.6 is 0 Å². The van der Waals surface area contributed by atoms with E-state index in [0.29, 0.717) is 16.8 Å². The SMILES string of the molecule is CCc1ccc(C(C(=O)Nc2ccccc2C)N(C)C(=O)C(Cc2ccc(O)cc2)NC(=O)OC(C)(C)C)cc1. The molecule has 8 heteroatoms. The lowest BCUT2D eigenvalue weighted by Crippen LogP contribution is -2.52. The first-order valence-corrected chi connectivity index (χ1v) is 13.4.